The zero-order chi connectivity index (χ0) is 21.0. The van der Waals surface area contributed by atoms with Crippen LogP contribution in [0.3, 0.4) is 0 Å². The lowest BCUT2D eigenvalue weighted by Gasteiger charge is -2.21. The molecule has 1 aromatic heterocycles. The Kier molecular flexibility index (Phi) is 6.09. The number of nitrogens with zero attached hydrogens (tertiary/aromatic N) is 1. The van der Waals surface area contributed by atoms with E-state index in [-0.39, 0.29) is 17.2 Å². The molecule has 150 valence electrons. The van der Waals surface area contributed by atoms with Gasteiger partial charge in [0.25, 0.3) is 0 Å². The van der Waals surface area contributed by atoms with Gasteiger partial charge in [0, 0.05) is 44.8 Å². The molecule has 29 heavy (non-hydrogen) atoms. The van der Waals surface area contributed by atoms with E-state index in [0.29, 0.717) is 41.1 Å². The highest BCUT2D eigenvalue weighted by molar-refractivity contribution is 5.99. The first-order valence-electron chi connectivity index (χ1n) is 9.12. The lowest BCUT2D eigenvalue weighted by molar-refractivity contribution is -0.117. The van der Waals surface area contributed by atoms with Gasteiger partial charge >= 0.3 is 0 Å². The van der Waals surface area contributed by atoms with Crippen LogP contribution in [-0.4, -0.2) is 32.1 Å². The monoisotopic (exact) mass is 394 g/mol. The SMILES string of the molecule is COCCN(C(C)=O)c1ccc(-c2cc(=O)c3c(NC(C)=O)cccc3o2)cc1. The van der Waals surface area contributed by atoms with E-state index < -0.39 is 0 Å². The fourth-order valence-electron chi connectivity index (χ4n) is 3.10. The van der Waals surface area contributed by atoms with Crippen molar-refractivity contribution in [3.8, 4) is 11.3 Å². The van der Waals surface area contributed by atoms with E-state index >= 15 is 0 Å². The van der Waals surface area contributed by atoms with E-state index in [4.69, 9.17) is 9.15 Å². The van der Waals surface area contributed by atoms with Crippen LogP contribution in [0.15, 0.2) is 57.7 Å². The van der Waals surface area contributed by atoms with Crippen molar-refractivity contribution in [1.82, 2.24) is 0 Å². The summed E-state index contributed by atoms with van der Waals surface area (Å²) in [5, 5.41) is 2.97. The Morgan fingerprint density at radius 3 is 2.45 bits per heavy atom. The van der Waals surface area contributed by atoms with Crippen molar-refractivity contribution in [3.05, 3.63) is 58.8 Å². The van der Waals surface area contributed by atoms with E-state index in [0.717, 1.165) is 5.69 Å². The highest BCUT2D eigenvalue weighted by Crippen LogP contribution is 2.27. The van der Waals surface area contributed by atoms with E-state index in [9.17, 15) is 14.4 Å². The normalized spacial score (nSPS) is 10.7. The third-order valence-electron chi connectivity index (χ3n) is 4.43. The molecule has 7 heteroatoms. The summed E-state index contributed by atoms with van der Waals surface area (Å²) in [7, 11) is 1.58. The van der Waals surface area contributed by atoms with Crippen molar-refractivity contribution in [1.29, 1.82) is 0 Å². The van der Waals surface area contributed by atoms with Gasteiger partial charge in [0.05, 0.1) is 17.7 Å². The van der Waals surface area contributed by atoms with Crippen LogP contribution in [0.2, 0.25) is 0 Å². The highest BCUT2D eigenvalue weighted by atomic mass is 16.5. The minimum atomic E-state index is -0.264. The van der Waals surface area contributed by atoms with Crippen molar-refractivity contribution in [2.45, 2.75) is 13.8 Å². The molecule has 2 amide bonds. The van der Waals surface area contributed by atoms with Crippen molar-refractivity contribution >= 4 is 34.2 Å². The summed E-state index contributed by atoms with van der Waals surface area (Å²) in [6.07, 6.45) is 0. The summed E-state index contributed by atoms with van der Waals surface area (Å²) < 4.78 is 11.0. The Bertz CT molecular complexity index is 1100. The Balaban J connectivity index is 1.98. The molecule has 2 aromatic carbocycles. The molecule has 1 N–H and O–H groups in total. The molecule has 1 heterocycles. The number of anilines is 2. The number of rotatable bonds is 6. The van der Waals surface area contributed by atoms with Crippen molar-refractivity contribution in [2.75, 3.05) is 30.5 Å². The second-order valence-corrected chi connectivity index (χ2v) is 6.55. The molecule has 0 aliphatic heterocycles. The van der Waals surface area contributed by atoms with Gasteiger partial charge in [0.15, 0.2) is 5.43 Å². The van der Waals surface area contributed by atoms with Crippen LogP contribution in [0.1, 0.15) is 13.8 Å². The predicted octanol–water partition coefficient (Wildman–Crippen LogP) is 3.42. The van der Waals surface area contributed by atoms with Gasteiger partial charge in [0.2, 0.25) is 11.8 Å². The molecule has 0 spiro atoms. The van der Waals surface area contributed by atoms with Crippen molar-refractivity contribution in [3.63, 3.8) is 0 Å². The average Bonchev–Trinajstić information content (AvgIpc) is 2.68. The van der Waals surface area contributed by atoms with Gasteiger partial charge in [-0.2, -0.15) is 0 Å². The summed E-state index contributed by atoms with van der Waals surface area (Å²) in [4.78, 5) is 37.6. The van der Waals surface area contributed by atoms with Gasteiger partial charge in [0.1, 0.15) is 11.3 Å². The maximum Gasteiger partial charge on any atom is 0.223 e. The minimum absolute atomic E-state index is 0.0856. The number of amides is 2. The first kappa shape index (κ1) is 20.3. The van der Waals surface area contributed by atoms with Gasteiger partial charge in [-0.1, -0.05) is 6.07 Å². The molecule has 7 nitrogen and oxygen atoms in total. The molecular formula is C22H22N2O5. The van der Waals surface area contributed by atoms with Crippen LogP contribution >= 0.6 is 0 Å². The minimum Gasteiger partial charge on any atom is -0.456 e. The summed E-state index contributed by atoms with van der Waals surface area (Å²) >= 11 is 0. The van der Waals surface area contributed by atoms with E-state index in [1.54, 1.807) is 54.5 Å². The molecule has 0 aliphatic rings. The Hall–Kier alpha value is -3.45. The summed E-state index contributed by atoms with van der Waals surface area (Å²) in [6, 6.07) is 13.6. The van der Waals surface area contributed by atoms with Crippen LogP contribution in [0, 0.1) is 0 Å². The van der Waals surface area contributed by atoms with Gasteiger partial charge in [-0.05, 0) is 36.4 Å². The molecular weight excluding hydrogens is 372 g/mol. The smallest absolute Gasteiger partial charge is 0.223 e. The molecule has 0 radical (unpaired) electrons. The Labute approximate surface area is 167 Å². The van der Waals surface area contributed by atoms with Gasteiger partial charge in [-0.3, -0.25) is 14.4 Å². The van der Waals surface area contributed by atoms with Gasteiger partial charge < -0.3 is 19.4 Å². The second-order valence-electron chi connectivity index (χ2n) is 6.55. The first-order chi connectivity index (χ1) is 13.9. The standard InChI is InChI=1S/C22H22N2O5/c1-14(25)23-18-5-4-6-20-22(18)19(27)13-21(29-20)16-7-9-17(10-8-16)24(15(2)26)11-12-28-3/h4-10,13H,11-12H2,1-3H3,(H,23,25). The van der Waals surface area contributed by atoms with Crippen molar-refractivity contribution < 1.29 is 18.7 Å². The van der Waals surface area contributed by atoms with E-state index in [1.807, 2.05) is 0 Å². The van der Waals surface area contributed by atoms with Gasteiger partial charge in [-0.15, -0.1) is 0 Å². The zero-order valence-electron chi connectivity index (χ0n) is 16.5. The highest BCUT2D eigenvalue weighted by Gasteiger charge is 2.14. The number of carbonyl (C=O) groups excluding carboxylic acids is 2. The van der Waals surface area contributed by atoms with Crippen molar-refractivity contribution in [2.24, 2.45) is 0 Å². The molecule has 0 fully saturated rings. The lowest BCUT2D eigenvalue weighted by atomic mass is 10.1. The molecule has 0 saturated heterocycles. The van der Waals surface area contributed by atoms with Gasteiger partial charge in [-0.25, -0.2) is 0 Å². The number of hydrogen-bond donors (Lipinski definition) is 1. The summed E-state index contributed by atoms with van der Waals surface area (Å²) in [5.41, 5.74) is 1.98. The molecule has 0 atom stereocenters. The van der Waals surface area contributed by atoms with Crippen LogP contribution in [0.25, 0.3) is 22.3 Å². The quantitative estimate of drug-likeness (QED) is 0.692. The number of ether oxygens (including phenoxy) is 1. The molecule has 0 aliphatic carbocycles. The maximum atomic E-state index is 12.7. The largest absolute Gasteiger partial charge is 0.456 e. The number of methoxy groups -OCH3 is 1. The molecule has 0 unspecified atom stereocenters. The number of benzene rings is 2. The fraction of sp³-hybridized carbons (Fsp3) is 0.227. The first-order valence-corrected chi connectivity index (χ1v) is 9.12. The van der Waals surface area contributed by atoms with Crippen LogP contribution < -0.4 is 15.6 Å². The molecule has 0 bridgehead atoms. The lowest BCUT2D eigenvalue weighted by Crippen LogP contribution is -2.31. The molecule has 3 rings (SSSR count). The zero-order valence-corrected chi connectivity index (χ0v) is 16.5. The van der Waals surface area contributed by atoms with Crippen LogP contribution in [0.4, 0.5) is 11.4 Å². The second kappa shape index (κ2) is 8.70. The Morgan fingerprint density at radius 1 is 1.10 bits per heavy atom. The topological polar surface area (TPSA) is 88.9 Å². The number of carbonyl (C=O) groups is 2. The fourth-order valence-corrected chi connectivity index (χ4v) is 3.10. The number of hydrogen-bond acceptors (Lipinski definition) is 5. The average molecular weight is 394 g/mol. The van der Waals surface area contributed by atoms with E-state index in [1.165, 1.54) is 19.9 Å². The molecule has 3 aromatic rings. The molecule has 0 saturated carbocycles. The predicted molar refractivity (Wildman–Crippen MR) is 112 cm³/mol. The summed E-state index contributed by atoms with van der Waals surface area (Å²) in [5.74, 6) is 0.0536. The number of nitrogens with one attached hydrogen (secondary N) is 1. The summed E-state index contributed by atoms with van der Waals surface area (Å²) in [6.45, 7) is 3.76. The van der Waals surface area contributed by atoms with Crippen LogP contribution in [0.5, 0.6) is 0 Å². The Morgan fingerprint density at radius 2 is 1.83 bits per heavy atom. The van der Waals surface area contributed by atoms with E-state index in [2.05, 4.69) is 5.32 Å². The number of fused-ring (bicyclic) bond motifs is 1. The maximum absolute atomic E-state index is 12.7. The third kappa shape index (κ3) is 4.52. The van der Waals surface area contributed by atoms with Crippen LogP contribution in [-0.2, 0) is 14.3 Å². The third-order valence-corrected chi connectivity index (χ3v) is 4.43.